The number of alkyl halides is 1. The second-order valence-electron chi connectivity index (χ2n) is 11.5. The first-order chi connectivity index (χ1) is 17.1. The standard InChI is InChI=1S/C24H32BrFN6O3S/c1-23(2,3)35-22(33)32-15-5-6-16(32)12-30(11-15)18-17-19(36-20(25)27-17)29-21(28-18)34-13-24-7-4-8-31(24)10-14(26)9-24/h14-16H,4-13H2,1-3H3/t14-,15?,16?,24+/m1/s1. The maximum atomic E-state index is 14.2. The van der Waals surface area contributed by atoms with Crippen LogP contribution in [-0.4, -0.2) is 93.0 Å². The average molecular weight is 584 g/mol. The zero-order valence-electron chi connectivity index (χ0n) is 20.9. The number of hydrogen-bond acceptors (Lipinski definition) is 9. The summed E-state index contributed by atoms with van der Waals surface area (Å²) in [5.41, 5.74) is -0.0547. The summed E-state index contributed by atoms with van der Waals surface area (Å²) in [5.74, 6) is 0.730. The summed E-state index contributed by atoms with van der Waals surface area (Å²) in [6.07, 6.45) is 3.32. The minimum absolute atomic E-state index is 0.0565. The number of nitrogens with zero attached hydrogens (tertiary/aromatic N) is 6. The molecule has 0 radical (unpaired) electrons. The first-order valence-electron chi connectivity index (χ1n) is 12.7. The topological polar surface area (TPSA) is 83.9 Å². The van der Waals surface area contributed by atoms with Crippen molar-refractivity contribution < 1.29 is 18.7 Å². The Hall–Kier alpha value is -1.79. The molecular weight excluding hydrogens is 551 g/mol. The summed E-state index contributed by atoms with van der Waals surface area (Å²) in [5, 5.41) is 0. The Morgan fingerprint density at radius 2 is 1.94 bits per heavy atom. The zero-order chi connectivity index (χ0) is 25.2. The van der Waals surface area contributed by atoms with Gasteiger partial charge in [0, 0.05) is 26.1 Å². The van der Waals surface area contributed by atoms with Gasteiger partial charge in [-0.2, -0.15) is 9.97 Å². The number of thiazole rings is 1. The Kier molecular flexibility index (Phi) is 6.07. The van der Waals surface area contributed by atoms with E-state index in [0.29, 0.717) is 38.7 Å². The summed E-state index contributed by atoms with van der Waals surface area (Å²) in [6.45, 7) is 8.78. The minimum atomic E-state index is -0.804. The molecule has 2 aromatic rings. The normalized spacial score (nSPS) is 30.3. The number of amides is 1. The molecule has 9 nitrogen and oxygen atoms in total. The smallest absolute Gasteiger partial charge is 0.410 e. The molecule has 4 aliphatic rings. The average Bonchev–Trinajstić information content (AvgIpc) is 3.49. The Labute approximate surface area is 222 Å². The highest BCUT2D eigenvalue weighted by atomic mass is 79.9. The van der Waals surface area contributed by atoms with Crippen molar-refractivity contribution in [2.45, 2.75) is 82.3 Å². The van der Waals surface area contributed by atoms with Crippen molar-refractivity contribution in [1.29, 1.82) is 0 Å². The fraction of sp³-hybridized carbons (Fsp3) is 0.750. The molecule has 4 saturated heterocycles. The second kappa shape index (κ2) is 8.90. The molecule has 4 aliphatic heterocycles. The second-order valence-corrected chi connectivity index (χ2v) is 13.7. The molecule has 0 aliphatic carbocycles. The quantitative estimate of drug-likeness (QED) is 0.524. The molecular formula is C24H32BrFN6O3S. The number of carbonyl (C=O) groups excluding carboxylic acids is 1. The summed E-state index contributed by atoms with van der Waals surface area (Å²) in [4.78, 5) is 34.1. The SMILES string of the molecule is CC(C)(C)OC(=O)N1C2CCC1CN(c1nc(OC[C@@]34CCCN3C[C@H](F)C4)nc3sc(Br)nc13)C2. The van der Waals surface area contributed by atoms with Gasteiger partial charge in [-0.3, -0.25) is 9.80 Å². The van der Waals surface area contributed by atoms with Crippen molar-refractivity contribution in [3.8, 4) is 6.01 Å². The number of aromatic nitrogens is 3. The highest BCUT2D eigenvalue weighted by molar-refractivity contribution is 9.11. The van der Waals surface area contributed by atoms with Crippen LogP contribution in [-0.2, 0) is 4.74 Å². The van der Waals surface area contributed by atoms with Gasteiger partial charge in [0.2, 0.25) is 0 Å². The van der Waals surface area contributed by atoms with E-state index in [-0.39, 0.29) is 23.7 Å². The summed E-state index contributed by atoms with van der Waals surface area (Å²) < 4.78 is 26.8. The molecule has 2 aromatic heterocycles. The zero-order valence-corrected chi connectivity index (χ0v) is 23.3. The molecule has 0 aromatic carbocycles. The minimum Gasteiger partial charge on any atom is -0.461 e. The van der Waals surface area contributed by atoms with Crippen molar-refractivity contribution in [2.75, 3.05) is 37.7 Å². The molecule has 4 fully saturated rings. The van der Waals surface area contributed by atoms with Gasteiger partial charge >= 0.3 is 12.1 Å². The number of hydrogen-bond donors (Lipinski definition) is 0. The van der Waals surface area contributed by atoms with Gasteiger partial charge in [0.25, 0.3) is 0 Å². The van der Waals surface area contributed by atoms with Crippen molar-refractivity contribution in [1.82, 2.24) is 24.8 Å². The van der Waals surface area contributed by atoms with E-state index in [1.165, 1.54) is 11.3 Å². The van der Waals surface area contributed by atoms with Crippen molar-refractivity contribution in [3.05, 3.63) is 3.92 Å². The first kappa shape index (κ1) is 24.5. The maximum absolute atomic E-state index is 14.2. The Morgan fingerprint density at radius 1 is 1.19 bits per heavy atom. The van der Waals surface area contributed by atoms with Crippen molar-refractivity contribution in [3.63, 3.8) is 0 Å². The lowest BCUT2D eigenvalue weighted by Gasteiger charge is -2.41. The summed E-state index contributed by atoms with van der Waals surface area (Å²) in [7, 11) is 0. The largest absolute Gasteiger partial charge is 0.461 e. The van der Waals surface area contributed by atoms with E-state index in [4.69, 9.17) is 14.5 Å². The maximum Gasteiger partial charge on any atom is 0.410 e. The molecule has 0 N–H and O–H groups in total. The fourth-order valence-corrected chi connectivity index (χ4v) is 7.68. The lowest BCUT2D eigenvalue weighted by molar-refractivity contribution is 0.0122. The Bertz CT molecular complexity index is 1160. The lowest BCUT2D eigenvalue weighted by atomic mass is 9.95. The molecule has 2 bridgehead atoms. The predicted molar refractivity (Wildman–Crippen MR) is 139 cm³/mol. The number of fused-ring (bicyclic) bond motifs is 4. The number of rotatable bonds is 4. The molecule has 0 saturated carbocycles. The van der Waals surface area contributed by atoms with Crippen LogP contribution in [0.25, 0.3) is 10.3 Å². The van der Waals surface area contributed by atoms with Gasteiger partial charge in [0.1, 0.15) is 23.9 Å². The molecule has 6 heterocycles. The van der Waals surface area contributed by atoms with Crippen molar-refractivity contribution >= 4 is 49.5 Å². The number of anilines is 1. The summed E-state index contributed by atoms with van der Waals surface area (Å²) in [6, 6.07) is 0.418. The molecule has 2 unspecified atom stereocenters. The third-order valence-electron chi connectivity index (χ3n) is 7.81. The third kappa shape index (κ3) is 4.42. The highest BCUT2D eigenvalue weighted by Gasteiger charge is 2.49. The molecule has 4 atom stereocenters. The number of piperazine rings is 1. The monoisotopic (exact) mass is 582 g/mol. The van der Waals surface area contributed by atoms with Crippen LogP contribution in [0.1, 0.15) is 52.9 Å². The third-order valence-corrected chi connectivity index (χ3v) is 9.21. The lowest BCUT2D eigenvalue weighted by Crippen LogP contribution is -2.57. The summed E-state index contributed by atoms with van der Waals surface area (Å²) >= 11 is 4.94. The van der Waals surface area contributed by atoms with E-state index in [2.05, 4.69) is 35.7 Å². The molecule has 1 amide bonds. The van der Waals surface area contributed by atoms with Gasteiger partial charge in [0.15, 0.2) is 14.6 Å². The van der Waals surface area contributed by atoms with Crippen LogP contribution in [0.15, 0.2) is 3.92 Å². The van der Waals surface area contributed by atoms with Gasteiger partial charge in [-0.25, -0.2) is 14.2 Å². The van der Waals surface area contributed by atoms with Crippen LogP contribution in [0.3, 0.4) is 0 Å². The Morgan fingerprint density at radius 3 is 2.67 bits per heavy atom. The van der Waals surface area contributed by atoms with Gasteiger partial charge in [0.05, 0.1) is 17.6 Å². The van der Waals surface area contributed by atoms with Gasteiger partial charge in [-0.1, -0.05) is 11.3 Å². The molecule has 6 rings (SSSR count). The predicted octanol–water partition coefficient (Wildman–Crippen LogP) is 4.39. The number of ether oxygens (including phenoxy) is 2. The Balaban J connectivity index is 1.24. The van der Waals surface area contributed by atoms with Gasteiger partial charge in [-0.15, -0.1) is 0 Å². The van der Waals surface area contributed by atoms with Crippen LogP contribution in [0.5, 0.6) is 6.01 Å². The molecule has 0 spiro atoms. The van der Waals surface area contributed by atoms with Crippen LogP contribution in [0.4, 0.5) is 15.0 Å². The van der Waals surface area contributed by atoms with Crippen LogP contribution >= 0.6 is 27.3 Å². The van der Waals surface area contributed by atoms with Crippen molar-refractivity contribution in [2.24, 2.45) is 0 Å². The number of halogens is 2. The van der Waals surface area contributed by atoms with Crippen LogP contribution < -0.4 is 9.64 Å². The fourth-order valence-electron chi connectivity index (χ4n) is 6.38. The van der Waals surface area contributed by atoms with E-state index in [1.54, 1.807) is 0 Å². The molecule has 36 heavy (non-hydrogen) atoms. The van der Waals surface area contributed by atoms with Gasteiger partial charge < -0.3 is 14.4 Å². The highest BCUT2D eigenvalue weighted by Crippen LogP contribution is 2.41. The number of carbonyl (C=O) groups is 1. The van der Waals surface area contributed by atoms with E-state index in [1.807, 2.05) is 25.7 Å². The first-order valence-corrected chi connectivity index (χ1v) is 14.3. The van der Waals surface area contributed by atoms with E-state index < -0.39 is 11.8 Å². The van der Waals surface area contributed by atoms with Crippen LogP contribution in [0.2, 0.25) is 0 Å². The van der Waals surface area contributed by atoms with E-state index >= 15 is 0 Å². The van der Waals surface area contributed by atoms with E-state index in [9.17, 15) is 9.18 Å². The van der Waals surface area contributed by atoms with Gasteiger partial charge in [-0.05, 0) is 68.9 Å². The molecule has 12 heteroatoms. The molecule has 196 valence electrons. The van der Waals surface area contributed by atoms with E-state index in [0.717, 1.165) is 52.3 Å². The van der Waals surface area contributed by atoms with Crippen LogP contribution in [0, 0.1) is 0 Å².